The van der Waals surface area contributed by atoms with Gasteiger partial charge in [0.1, 0.15) is 11.5 Å². The molecule has 4 heteroatoms. The van der Waals surface area contributed by atoms with Crippen LogP contribution in [-0.4, -0.2) is 6.61 Å². The molecule has 0 fully saturated rings. The van der Waals surface area contributed by atoms with E-state index < -0.39 is 8.60 Å². The minimum absolute atomic E-state index is 0.0158. The summed E-state index contributed by atoms with van der Waals surface area (Å²) >= 11 is 0. The molecule has 1 aromatic rings. The smallest absolute Gasteiger partial charge is 0.417 e. The normalized spacial score (nSPS) is 18.6. The van der Waals surface area contributed by atoms with Crippen LogP contribution in [0, 0.1) is 16.7 Å². The predicted molar refractivity (Wildman–Crippen MR) is 178 cm³/mol. The van der Waals surface area contributed by atoms with Gasteiger partial charge in [-0.3, -0.25) is 4.52 Å². The molecule has 3 rings (SSSR count). The topological polar surface area (TPSA) is 27.7 Å². The molecular formula is C37H59O3P. The number of allylic oxidation sites excluding steroid dienone is 4. The van der Waals surface area contributed by atoms with E-state index in [1.807, 2.05) is 0 Å². The fourth-order valence-corrected chi connectivity index (χ4v) is 6.38. The van der Waals surface area contributed by atoms with Gasteiger partial charge in [0.15, 0.2) is 0 Å². The van der Waals surface area contributed by atoms with Crippen molar-refractivity contribution in [1.29, 1.82) is 0 Å². The minimum Gasteiger partial charge on any atom is -0.417 e. The molecule has 41 heavy (non-hydrogen) atoms. The Morgan fingerprint density at radius 2 is 1.41 bits per heavy atom. The minimum atomic E-state index is -1.62. The Morgan fingerprint density at radius 3 is 1.95 bits per heavy atom. The van der Waals surface area contributed by atoms with Crippen LogP contribution in [0.15, 0.2) is 40.7 Å². The Balaban J connectivity index is 2.20. The largest absolute Gasteiger partial charge is 0.463 e. The highest BCUT2D eigenvalue weighted by Gasteiger charge is 2.37. The molecule has 0 saturated heterocycles. The average molecular weight is 583 g/mol. The molecule has 0 spiro atoms. The van der Waals surface area contributed by atoms with Crippen molar-refractivity contribution in [3.8, 4) is 5.75 Å². The van der Waals surface area contributed by atoms with Gasteiger partial charge < -0.3 is 9.05 Å². The molecule has 1 heterocycles. The highest BCUT2D eigenvalue weighted by Crippen LogP contribution is 2.55. The van der Waals surface area contributed by atoms with Crippen LogP contribution < -0.4 is 4.52 Å². The average Bonchev–Trinajstić information content (AvgIpc) is 2.78. The third-order valence-corrected chi connectivity index (χ3v) is 9.14. The van der Waals surface area contributed by atoms with E-state index in [-0.39, 0.29) is 21.7 Å². The lowest BCUT2D eigenvalue weighted by molar-refractivity contribution is 0.230. The van der Waals surface area contributed by atoms with E-state index in [0.717, 1.165) is 35.8 Å². The van der Waals surface area contributed by atoms with Crippen molar-refractivity contribution < 1.29 is 13.6 Å². The Labute approximate surface area is 254 Å². The van der Waals surface area contributed by atoms with E-state index in [2.05, 4.69) is 121 Å². The van der Waals surface area contributed by atoms with E-state index in [0.29, 0.717) is 6.61 Å². The van der Waals surface area contributed by atoms with E-state index in [1.54, 1.807) is 0 Å². The summed E-state index contributed by atoms with van der Waals surface area (Å²) in [6, 6.07) is 4.68. The summed E-state index contributed by atoms with van der Waals surface area (Å²) < 4.78 is 20.2. The van der Waals surface area contributed by atoms with Crippen molar-refractivity contribution in [3.05, 3.63) is 57.4 Å². The van der Waals surface area contributed by atoms with Gasteiger partial charge in [-0.15, -0.1) is 0 Å². The SMILES string of the molecule is CC(C)CCCCCOP1OC2=C(C(C)(C)C)C=C(C(C)(C)C)CC2=Cc2cc(C(C)(C)C)cc(C(C)(C)C)c2O1. The molecule has 0 aromatic heterocycles. The maximum absolute atomic E-state index is 6.85. The molecule has 2 aliphatic rings. The van der Waals surface area contributed by atoms with Gasteiger partial charge in [-0.25, -0.2) is 0 Å². The third kappa shape index (κ3) is 8.96. The van der Waals surface area contributed by atoms with Crippen molar-refractivity contribution in [2.45, 2.75) is 140 Å². The highest BCUT2D eigenvalue weighted by molar-refractivity contribution is 7.42. The van der Waals surface area contributed by atoms with Gasteiger partial charge in [0.05, 0.1) is 6.61 Å². The van der Waals surface area contributed by atoms with E-state index in [1.165, 1.54) is 47.1 Å². The second kappa shape index (κ2) is 12.6. The Bertz CT molecular complexity index is 1170. The predicted octanol–water partition coefficient (Wildman–Crippen LogP) is 12.2. The van der Waals surface area contributed by atoms with Crippen LogP contribution in [0.3, 0.4) is 0 Å². The zero-order chi connectivity index (χ0) is 31.0. The summed E-state index contributed by atoms with van der Waals surface area (Å²) in [6.45, 7) is 32.7. The lowest BCUT2D eigenvalue weighted by Gasteiger charge is -2.37. The zero-order valence-corrected chi connectivity index (χ0v) is 29.7. The molecule has 0 saturated carbocycles. The summed E-state index contributed by atoms with van der Waals surface area (Å²) in [6.07, 6.45) is 10.3. The molecular weight excluding hydrogens is 523 g/mol. The van der Waals surface area contributed by atoms with Crippen LogP contribution in [0.1, 0.15) is 146 Å². The maximum Gasteiger partial charge on any atom is 0.463 e. The first-order valence-electron chi connectivity index (χ1n) is 15.8. The maximum atomic E-state index is 6.85. The second-order valence-electron chi connectivity index (χ2n) is 16.7. The Kier molecular flexibility index (Phi) is 10.4. The Hall–Kier alpha value is -1.57. The molecule has 1 unspecified atom stereocenters. The number of fused-ring (bicyclic) bond motifs is 2. The molecule has 0 amide bonds. The number of rotatable bonds is 7. The standard InChI is InChI=1S/C37H59O3P/c1-25(2)18-16-15-17-19-38-41-39-32-26(21-28(34(3,4)5)23-30(32)36(9,10)11)20-27-22-29(35(6,7)8)24-31(33(27)40-41)37(12,13)14/h20-21,23-25H,15-19,22H2,1-14H3. The monoisotopic (exact) mass is 582 g/mol. The van der Waals surface area contributed by atoms with Gasteiger partial charge in [0, 0.05) is 16.7 Å². The first-order valence-corrected chi connectivity index (χ1v) is 16.9. The summed E-state index contributed by atoms with van der Waals surface area (Å²) in [5, 5.41) is 0. The fraction of sp³-hybridized carbons (Fsp3) is 0.676. The lowest BCUT2D eigenvalue weighted by atomic mass is 9.73. The third-order valence-electron chi connectivity index (χ3n) is 8.08. The van der Waals surface area contributed by atoms with Gasteiger partial charge in [-0.1, -0.05) is 134 Å². The number of hydrogen-bond acceptors (Lipinski definition) is 3. The lowest BCUT2D eigenvalue weighted by Crippen LogP contribution is -2.22. The zero-order valence-electron chi connectivity index (χ0n) is 28.8. The van der Waals surface area contributed by atoms with Crippen LogP contribution in [0.25, 0.3) is 6.08 Å². The summed E-state index contributed by atoms with van der Waals surface area (Å²) in [4.78, 5) is 0. The van der Waals surface area contributed by atoms with E-state index in [4.69, 9.17) is 13.6 Å². The first kappa shape index (κ1) is 33.9. The van der Waals surface area contributed by atoms with Crippen molar-refractivity contribution in [1.82, 2.24) is 0 Å². The molecule has 1 aliphatic heterocycles. The Morgan fingerprint density at radius 1 is 0.756 bits per heavy atom. The van der Waals surface area contributed by atoms with Crippen molar-refractivity contribution in [2.24, 2.45) is 16.7 Å². The number of unbranched alkanes of at least 4 members (excludes halogenated alkanes) is 2. The molecule has 3 nitrogen and oxygen atoms in total. The van der Waals surface area contributed by atoms with Crippen LogP contribution in [0.2, 0.25) is 0 Å². The van der Waals surface area contributed by atoms with Crippen molar-refractivity contribution in [3.63, 3.8) is 0 Å². The van der Waals surface area contributed by atoms with Crippen molar-refractivity contribution in [2.75, 3.05) is 6.61 Å². The summed E-state index contributed by atoms with van der Waals surface area (Å²) in [5.74, 6) is 2.60. The van der Waals surface area contributed by atoms with Crippen molar-refractivity contribution >= 4 is 14.7 Å². The van der Waals surface area contributed by atoms with Gasteiger partial charge >= 0.3 is 8.60 Å². The molecule has 230 valence electrons. The summed E-state index contributed by atoms with van der Waals surface area (Å²) in [7, 11) is -1.62. The molecule has 0 radical (unpaired) electrons. The molecule has 1 aliphatic carbocycles. The summed E-state index contributed by atoms with van der Waals surface area (Å²) in [5.41, 5.74) is 7.44. The van der Waals surface area contributed by atoms with Crippen LogP contribution in [0.4, 0.5) is 0 Å². The van der Waals surface area contributed by atoms with Gasteiger partial charge in [0.2, 0.25) is 0 Å². The first-order chi connectivity index (χ1) is 18.7. The van der Waals surface area contributed by atoms with Crippen LogP contribution in [0.5, 0.6) is 5.75 Å². The van der Waals surface area contributed by atoms with Gasteiger partial charge in [-0.2, -0.15) is 0 Å². The molecule has 1 atom stereocenters. The number of hydrogen-bond donors (Lipinski definition) is 0. The van der Waals surface area contributed by atoms with Crippen LogP contribution in [-0.2, 0) is 19.9 Å². The molecule has 1 aromatic carbocycles. The quantitative estimate of drug-likeness (QED) is 0.236. The molecule has 0 bridgehead atoms. The highest BCUT2D eigenvalue weighted by atomic mass is 31.2. The van der Waals surface area contributed by atoms with Crippen LogP contribution >= 0.6 is 8.60 Å². The molecule has 0 N–H and O–H groups in total. The van der Waals surface area contributed by atoms with Gasteiger partial charge in [-0.05, 0) is 63.7 Å². The van der Waals surface area contributed by atoms with Gasteiger partial charge in [0.25, 0.3) is 0 Å². The fourth-order valence-electron chi connectivity index (χ4n) is 5.24. The number of benzene rings is 1. The van der Waals surface area contributed by atoms with E-state index in [9.17, 15) is 0 Å². The second-order valence-corrected chi connectivity index (χ2v) is 17.8. The van der Waals surface area contributed by atoms with E-state index >= 15 is 0 Å².